The number of hydrogen-bond acceptors (Lipinski definition) is 1. The van der Waals surface area contributed by atoms with Crippen molar-refractivity contribution in [2.45, 2.75) is 58.4 Å². The summed E-state index contributed by atoms with van der Waals surface area (Å²) >= 11 is 6.22. The summed E-state index contributed by atoms with van der Waals surface area (Å²) in [6.45, 7) is 5.32. The number of hydrogen-bond donors (Lipinski definition) is 1. The van der Waals surface area contributed by atoms with E-state index >= 15 is 0 Å². The second-order valence-corrected chi connectivity index (χ2v) is 6.59. The van der Waals surface area contributed by atoms with Crippen molar-refractivity contribution in [3.63, 3.8) is 0 Å². The van der Waals surface area contributed by atoms with Crippen LogP contribution in [0.2, 0.25) is 5.02 Å². The van der Waals surface area contributed by atoms with Gasteiger partial charge in [0.15, 0.2) is 0 Å². The summed E-state index contributed by atoms with van der Waals surface area (Å²) < 4.78 is 14.1. The molecule has 1 saturated carbocycles. The average molecular weight is 312 g/mol. The molecule has 1 aromatic carbocycles. The molecule has 0 saturated heterocycles. The summed E-state index contributed by atoms with van der Waals surface area (Å²) in [6.07, 6.45) is 7.12. The third-order valence-electron chi connectivity index (χ3n) is 4.96. The molecule has 0 aliphatic heterocycles. The molecule has 21 heavy (non-hydrogen) atoms. The number of likely N-dealkylation sites (N-methyl/N-ethyl adjacent to an activating group) is 1. The predicted molar refractivity (Wildman–Crippen MR) is 88.3 cm³/mol. The third-order valence-corrected chi connectivity index (χ3v) is 5.32. The molecule has 0 radical (unpaired) electrons. The first-order chi connectivity index (χ1) is 10.2. The Balaban J connectivity index is 2.18. The lowest BCUT2D eigenvalue weighted by atomic mass is 9.72. The van der Waals surface area contributed by atoms with Crippen molar-refractivity contribution in [2.24, 2.45) is 11.8 Å². The molecule has 1 aliphatic carbocycles. The summed E-state index contributed by atoms with van der Waals surface area (Å²) in [5.74, 6) is 1.22. The minimum absolute atomic E-state index is 0.172. The minimum Gasteiger partial charge on any atom is -0.314 e. The lowest BCUT2D eigenvalue weighted by Gasteiger charge is -2.37. The number of rotatable bonds is 6. The summed E-state index contributed by atoms with van der Waals surface area (Å²) in [5, 5.41) is 4.15. The zero-order chi connectivity index (χ0) is 15.2. The van der Waals surface area contributed by atoms with Crippen LogP contribution in [-0.4, -0.2) is 12.6 Å². The standard InChI is InChI=1S/C18H27ClFN/c1-3-13-8-5-6-9-14(13)18(21-4-2)12-15-16(19)10-7-11-17(15)20/h7,10-11,13-14,18,21H,3-6,8-9,12H2,1-2H3. The lowest BCUT2D eigenvalue weighted by Crippen LogP contribution is -2.42. The molecule has 1 aliphatic rings. The first-order valence-electron chi connectivity index (χ1n) is 8.33. The molecule has 118 valence electrons. The Morgan fingerprint density at radius 1 is 1.29 bits per heavy atom. The molecule has 2 rings (SSSR count). The Morgan fingerprint density at radius 2 is 2.05 bits per heavy atom. The van der Waals surface area contributed by atoms with E-state index in [9.17, 15) is 4.39 Å². The molecule has 3 atom stereocenters. The molecule has 0 aromatic heterocycles. The van der Waals surface area contributed by atoms with Crippen LogP contribution in [0.25, 0.3) is 0 Å². The first-order valence-corrected chi connectivity index (χ1v) is 8.71. The van der Waals surface area contributed by atoms with E-state index in [1.807, 2.05) is 0 Å². The van der Waals surface area contributed by atoms with Gasteiger partial charge in [0.1, 0.15) is 5.82 Å². The van der Waals surface area contributed by atoms with Crippen LogP contribution in [-0.2, 0) is 6.42 Å². The summed E-state index contributed by atoms with van der Waals surface area (Å²) in [7, 11) is 0. The normalized spacial score (nSPS) is 24.0. The predicted octanol–water partition coefficient (Wildman–Crippen LogP) is 5.22. The smallest absolute Gasteiger partial charge is 0.127 e. The average Bonchev–Trinajstić information content (AvgIpc) is 2.50. The van der Waals surface area contributed by atoms with Gasteiger partial charge in [-0.15, -0.1) is 0 Å². The molecule has 0 amide bonds. The fourth-order valence-electron chi connectivity index (χ4n) is 3.86. The van der Waals surface area contributed by atoms with Gasteiger partial charge in [-0.2, -0.15) is 0 Å². The molecule has 3 heteroatoms. The maximum absolute atomic E-state index is 14.1. The largest absolute Gasteiger partial charge is 0.314 e. The molecule has 0 heterocycles. The van der Waals surface area contributed by atoms with Gasteiger partial charge in [-0.3, -0.25) is 0 Å². The van der Waals surface area contributed by atoms with Gasteiger partial charge in [-0.1, -0.05) is 57.2 Å². The van der Waals surface area contributed by atoms with Crippen molar-refractivity contribution < 1.29 is 4.39 Å². The van der Waals surface area contributed by atoms with Gasteiger partial charge in [0.05, 0.1) is 0 Å². The molecule has 0 spiro atoms. The molecule has 1 fully saturated rings. The van der Waals surface area contributed by atoms with E-state index in [0.717, 1.165) is 12.5 Å². The van der Waals surface area contributed by atoms with Crippen LogP contribution < -0.4 is 5.32 Å². The van der Waals surface area contributed by atoms with E-state index < -0.39 is 0 Å². The van der Waals surface area contributed by atoms with Gasteiger partial charge in [0, 0.05) is 16.6 Å². The second kappa shape index (κ2) is 8.14. The van der Waals surface area contributed by atoms with Crippen molar-refractivity contribution in [2.75, 3.05) is 6.54 Å². The van der Waals surface area contributed by atoms with E-state index in [4.69, 9.17) is 11.6 Å². The van der Waals surface area contributed by atoms with E-state index in [2.05, 4.69) is 19.2 Å². The molecular formula is C18H27ClFN. The maximum atomic E-state index is 14.1. The number of halogens is 2. The van der Waals surface area contributed by atoms with Crippen molar-refractivity contribution in [1.82, 2.24) is 5.32 Å². The quantitative estimate of drug-likeness (QED) is 0.760. The van der Waals surface area contributed by atoms with E-state index in [0.29, 0.717) is 29.0 Å². The zero-order valence-electron chi connectivity index (χ0n) is 13.2. The van der Waals surface area contributed by atoms with E-state index in [1.54, 1.807) is 12.1 Å². The molecule has 1 nitrogen and oxygen atoms in total. The monoisotopic (exact) mass is 311 g/mol. The van der Waals surface area contributed by atoms with Crippen LogP contribution in [0, 0.1) is 17.7 Å². The summed E-state index contributed by atoms with van der Waals surface area (Å²) in [6, 6.07) is 5.32. The summed E-state index contributed by atoms with van der Waals surface area (Å²) in [4.78, 5) is 0. The highest BCUT2D eigenvalue weighted by molar-refractivity contribution is 6.31. The molecule has 3 unspecified atom stereocenters. The highest BCUT2D eigenvalue weighted by Crippen LogP contribution is 2.36. The molecule has 0 bridgehead atoms. The Labute approximate surface area is 133 Å². The van der Waals surface area contributed by atoms with Gasteiger partial charge in [-0.05, 0) is 43.4 Å². The van der Waals surface area contributed by atoms with Gasteiger partial charge < -0.3 is 5.32 Å². The van der Waals surface area contributed by atoms with Crippen LogP contribution in [0.1, 0.15) is 51.5 Å². The van der Waals surface area contributed by atoms with Crippen molar-refractivity contribution >= 4 is 11.6 Å². The number of nitrogens with one attached hydrogen (secondary N) is 1. The van der Waals surface area contributed by atoms with Gasteiger partial charge in [0.25, 0.3) is 0 Å². The van der Waals surface area contributed by atoms with E-state index in [1.165, 1.54) is 38.2 Å². The van der Waals surface area contributed by atoms with Crippen molar-refractivity contribution in [3.05, 3.63) is 34.6 Å². The highest BCUT2D eigenvalue weighted by Gasteiger charge is 2.31. The topological polar surface area (TPSA) is 12.0 Å². The highest BCUT2D eigenvalue weighted by atomic mass is 35.5. The summed E-state index contributed by atoms with van der Waals surface area (Å²) in [5.41, 5.74) is 0.672. The zero-order valence-corrected chi connectivity index (χ0v) is 13.9. The fourth-order valence-corrected chi connectivity index (χ4v) is 4.10. The van der Waals surface area contributed by atoms with Gasteiger partial charge in [-0.25, -0.2) is 4.39 Å². The maximum Gasteiger partial charge on any atom is 0.127 e. The Hall–Kier alpha value is -0.600. The van der Waals surface area contributed by atoms with Crippen LogP contribution in [0.15, 0.2) is 18.2 Å². The van der Waals surface area contributed by atoms with Crippen LogP contribution >= 0.6 is 11.6 Å². The number of benzene rings is 1. The lowest BCUT2D eigenvalue weighted by molar-refractivity contribution is 0.174. The second-order valence-electron chi connectivity index (χ2n) is 6.19. The van der Waals surface area contributed by atoms with E-state index in [-0.39, 0.29) is 5.82 Å². The molecule has 1 N–H and O–H groups in total. The first kappa shape index (κ1) is 16.8. The SMILES string of the molecule is CCNC(Cc1c(F)cccc1Cl)C1CCCCC1CC. The minimum atomic E-state index is -0.172. The van der Waals surface area contributed by atoms with Crippen LogP contribution in [0.4, 0.5) is 4.39 Å². The molecular weight excluding hydrogens is 285 g/mol. The van der Waals surface area contributed by atoms with Crippen molar-refractivity contribution in [3.8, 4) is 0 Å². The van der Waals surface area contributed by atoms with Crippen molar-refractivity contribution in [1.29, 1.82) is 0 Å². The third kappa shape index (κ3) is 4.20. The van der Waals surface area contributed by atoms with Crippen LogP contribution in [0.5, 0.6) is 0 Å². The Bertz CT molecular complexity index is 429. The fraction of sp³-hybridized carbons (Fsp3) is 0.667. The van der Waals surface area contributed by atoms with Crippen LogP contribution in [0.3, 0.4) is 0 Å². The Morgan fingerprint density at radius 3 is 2.71 bits per heavy atom. The van der Waals surface area contributed by atoms with Gasteiger partial charge in [0.2, 0.25) is 0 Å². The molecule has 1 aromatic rings. The Kier molecular flexibility index (Phi) is 6.50. The van der Waals surface area contributed by atoms with Gasteiger partial charge >= 0.3 is 0 Å².